The van der Waals surface area contributed by atoms with Gasteiger partial charge in [0.15, 0.2) is 0 Å². The number of nitrogens with zero attached hydrogens (tertiary/aromatic N) is 1. The van der Waals surface area contributed by atoms with Gasteiger partial charge in [-0.2, -0.15) is 0 Å². The molecule has 4 nitrogen and oxygen atoms in total. The van der Waals surface area contributed by atoms with E-state index in [1.807, 2.05) is 31.2 Å². The molecular formula is C9H14N4. The summed E-state index contributed by atoms with van der Waals surface area (Å²) in [4.78, 5) is 3.94. The summed E-state index contributed by atoms with van der Waals surface area (Å²) in [7, 11) is 1.73. The van der Waals surface area contributed by atoms with E-state index in [1.165, 1.54) is 0 Å². The van der Waals surface area contributed by atoms with Crippen molar-refractivity contribution in [1.82, 2.24) is 5.43 Å². The van der Waals surface area contributed by atoms with Crippen LogP contribution in [0.5, 0.6) is 0 Å². The lowest BCUT2D eigenvalue weighted by Gasteiger charge is -2.08. The molecule has 1 aromatic carbocycles. The van der Waals surface area contributed by atoms with E-state index < -0.39 is 0 Å². The summed E-state index contributed by atoms with van der Waals surface area (Å²) in [6, 6.07) is 7.46. The number of hydrogen-bond acceptors (Lipinski definition) is 3. The van der Waals surface area contributed by atoms with Crippen LogP contribution >= 0.6 is 0 Å². The fourth-order valence-corrected chi connectivity index (χ4v) is 0.785. The van der Waals surface area contributed by atoms with Gasteiger partial charge in [-0.15, -0.1) is 0 Å². The van der Waals surface area contributed by atoms with Crippen LogP contribution in [-0.4, -0.2) is 12.9 Å². The molecule has 0 aliphatic rings. The fraction of sp³-hybridized carbons (Fsp3) is 0.222. The van der Waals surface area contributed by atoms with Crippen molar-refractivity contribution in [2.75, 3.05) is 18.2 Å². The lowest BCUT2D eigenvalue weighted by Crippen LogP contribution is -2.26. The third-order valence-corrected chi connectivity index (χ3v) is 1.63. The molecule has 1 aromatic rings. The van der Waals surface area contributed by atoms with Gasteiger partial charge in [0, 0.05) is 12.7 Å². The Hall–Kier alpha value is -1.71. The summed E-state index contributed by atoms with van der Waals surface area (Å²) in [5.41, 5.74) is 13.2. The van der Waals surface area contributed by atoms with Crippen molar-refractivity contribution in [3.63, 3.8) is 0 Å². The third kappa shape index (κ3) is 3.02. The molecule has 0 fully saturated rings. The fourth-order valence-electron chi connectivity index (χ4n) is 0.785. The average molecular weight is 178 g/mol. The highest BCUT2D eigenvalue weighted by Gasteiger charge is 1.90. The second kappa shape index (κ2) is 4.35. The molecule has 0 saturated heterocycles. The molecule has 0 atom stereocenters. The van der Waals surface area contributed by atoms with Gasteiger partial charge >= 0.3 is 0 Å². The summed E-state index contributed by atoms with van der Waals surface area (Å²) >= 11 is 0. The number of amidine groups is 1. The molecule has 0 spiro atoms. The molecule has 0 unspecified atom stereocenters. The molecular weight excluding hydrogens is 164 g/mol. The first kappa shape index (κ1) is 9.38. The molecule has 0 aliphatic carbocycles. The summed E-state index contributed by atoms with van der Waals surface area (Å²) < 4.78 is 0. The normalized spacial score (nSPS) is 11.1. The topological polar surface area (TPSA) is 62.4 Å². The Morgan fingerprint density at radius 1 is 1.31 bits per heavy atom. The molecule has 1 rings (SSSR count). The van der Waals surface area contributed by atoms with Crippen LogP contribution in [0.1, 0.15) is 6.92 Å². The van der Waals surface area contributed by atoms with Crippen LogP contribution in [0.15, 0.2) is 29.3 Å². The number of aliphatic imine (C=N–C) groups is 1. The van der Waals surface area contributed by atoms with Gasteiger partial charge in [-0.3, -0.25) is 15.8 Å². The predicted octanol–water partition coefficient (Wildman–Crippen LogP) is 1.23. The van der Waals surface area contributed by atoms with Crippen LogP contribution in [-0.2, 0) is 0 Å². The molecule has 0 aromatic heterocycles. The Bertz CT molecular complexity index is 289. The van der Waals surface area contributed by atoms with Crippen molar-refractivity contribution < 1.29 is 0 Å². The molecule has 0 saturated carbocycles. The van der Waals surface area contributed by atoms with Gasteiger partial charge in [0.1, 0.15) is 5.84 Å². The van der Waals surface area contributed by atoms with Crippen molar-refractivity contribution in [3.05, 3.63) is 24.3 Å². The summed E-state index contributed by atoms with van der Waals surface area (Å²) in [6.45, 7) is 1.88. The SMILES string of the molecule is CN=C(C)NNc1ccc(N)cc1. The van der Waals surface area contributed by atoms with Gasteiger partial charge in [0.25, 0.3) is 0 Å². The Labute approximate surface area is 77.8 Å². The smallest absolute Gasteiger partial charge is 0.111 e. The van der Waals surface area contributed by atoms with E-state index in [0.717, 1.165) is 17.2 Å². The Kier molecular flexibility index (Phi) is 3.14. The van der Waals surface area contributed by atoms with Crippen molar-refractivity contribution in [3.8, 4) is 0 Å². The monoisotopic (exact) mass is 178 g/mol. The van der Waals surface area contributed by atoms with Crippen LogP contribution in [0.4, 0.5) is 11.4 Å². The molecule has 0 aliphatic heterocycles. The number of hydrazine groups is 1. The molecule has 70 valence electrons. The first-order chi connectivity index (χ1) is 6.22. The van der Waals surface area contributed by atoms with E-state index in [-0.39, 0.29) is 0 Å². The highest BCUT2D eigenvalue weighted by Crippen LogP contribution is 2.08. The second-order valence-corrected chi connectivity index (χ2v) is 2.68. The van der Waals surface area contributed by atoms with Gasteiger partial charge < -0.3 is 5.73 Å². The Morgan fingerprint density at radius 2 is 1.92 bits per heavy atom. The summed E-state index contributed by atoms with van der Waals surface area (Å²) in [5.74, 6) is 0.830. The van der Waals surface area contributed by atoms with Crippen molar-refractivity contribution >= 4 is 17.2 Å². The maximum atomic E-state index is 5.54. The zero-order valence-corrected chi connectivity index (χ0v) is 7.83. The van der Waals surface area contributed by atoms with Crippen LogP contribution in [0, 0.1) is 0 Å². The van der Waals surface area contributed by atoms with Crippen LogP contribution in [0.25, 0.3) is 0 Å². The highest BCUT2D eigenvalue weighted by molar-refractivity contribution is 5.80. The quantitative estimate of drug-likeness (QED) is 0.276. The van der Waals surface area contributed by atoms with E-state index >= 15 is 0 Å². The molecule has 13 heavy (non-hydrogen) atoms. The molecule has 0 amide bonds. The minimum absolute atomic E-state index is 0.756. The lowest BCUT2D eigenvalue weighted by atomic mass is 10.3. The predicted molar refractivity (Wildman–Crippen MR) is 56.6 cm³/mol. The zero-order chi connectivity index (χ0) is 9.68. The standard InChI is InChI=1S/C9H14N4/c1-7(11-2)12-13-9-5-3-8(10)4-6-9/h3-6,13H,10H2,1-2H3,(H,11,12). The third-order valence-electron chi connectivity index (χ3n) is 1.63. The van der Waals surface area contributed by atoms with Crippen molar-refractivity contribution in [1.29, 1.82) is 0 Å². The van der Waals surface area contributed by atoms with Gasteiger partial charge in [0.2, 0.25) is 0 Å². The molecule has 0 bridgehead atoms. The lowest BCUT2D eigenvalue weighted by molar-refractivity contribution is 1.09. The van der Waals surface area contributed by atoms with Gasteiger partial charge in [0.05, 0.1) is 5.69 Å². The minimum Gasteiger partial charge on any atom is -0.399 e. The van der Waals surface area contributed by atoms with Crippen molar-refractivity contribution in [2.24, 2.45) is 4.99 Å². The Morgan fingerprint density at radius 3 is 2.46 bits per heavy atom. The molecule has 0 heterocycles. The van der Waals surface area contributed by atoms with E-state index in [4.69, 9.17) is 5.73 Å². The maximum absolute atomic E-state index is 5.54. The summed E-state index contributed by atoms with van der Waals surface area (Å²) in [6.07, 6.45) is 0. The first-order valence-electron chi connectivity index (χ1n) is 4.03. The van der Waals surface area contributed by atoms with Crippen LogP contribution < -0.4 is 16.6 Å². The maximum Gasteiger partial charge on any atom is 0.111 e. The highest BCUT2D eigenvalue weighted by atomic mass is 15.4. The largest absolute Gasteiger partial charge is 0.399 e. The molecule has 0 radical (unpaired) electrons. The number of benzene rings is 1. The Balaban J connectivity index is 2.51. The van der Waals surface area contributed by atoms with Crippen molar-refractivity contribution in [2.45, 2.75) is 6.92 Å². The van der Waals surface area contributed by atoms with E-state index in [9.17, 15) is 0 Å². The average Bonchev–Trinajstić information content (AvgIpc) is 2.16. The number of anilines is 2. The van der Waals surface area contributed by atoms with Crippen LogP contribution in [0.2, 0.25) is 0 Å². The minimum atomic E-state index is 0.756. The van der Waals surface area contributed by atoms with Gasteiger partial charge in [-0.25, -0.2) is 0 Å². The molecule has 4 heteroatoms. The summed E-state index contributed by atoms with van der Waals surface area (Å²) in [5, 5.41) is 0. The van der Waals surface area contributed by atoms with Crippen LogP contribution in [0.3, 0.4) is 0 Å². The number of rotatable bonds is 2. The van der Waals surface area contributed by atoms with E-state index in [2.05, 4.69) is 15.8 Å². The second-order valence-electron chi connectivity index (χ2n) is 2.68. The van der Waals surface area contributed by atoms with E-state index in [1.54, 1.807) is 7.05 Å². The number of nitrogens with one attached hydrogen (secondary N) is 2. The number of hydrogen-bond donors (Lipinski definition) is 3. The van der Waals surface area contributed by atoms with E-state index in [0.29, 0.717) is 0 Å². The number of nitrogen functional groups attached to an aromatic ring is 1. The van der Waals surface area contributed by atoms with Gasteiger partial charge in [-0.1, -0.05) is 0 Å². The zero-order valence-electron chi connectivity index (χ0n) is 7.83. The van der Waals surface area contributed by atoms with Gasteiger partial charge in [-0.05, 0) is 31.2 Å². The molecule has 4 N–H and O–H groups in total. The first-order valence-corrected chi connectivity index (χ1v) is 4.03. The number of nitrogens with two attached hydrogens (primary N) is 1.